The highest BCUT2D eigenvalue weighted by atomic mass is 32.2. The van der Waals surface area contributed by atoms with Crippen molar-refractivity contribution in [1.29, 1.82) is 0 Å². The van der Waals surface area contributed by atoms with Gasteiger partial charge in [-0.25, -0.2) is 0 Å². The quantitative estimate of drug-likeness (QED) is 0.500. The van der Waals surface area contributed by atoms with E-state index in [2.05, 4.69) is 5.32 Å². The van der Waals surface area contributed by atoms with Crippen LogP contribution in [0.4, 0.5) is 17.1 Å². The average molecular weight is 498 g/mol. The number of fused-ring (bicyclic) bond motifs is 2. The molecule has 1 N–H and O–H groups in total. The first-order valence-corrected chi connectivity index (χ1v) is 13.3. The van der Waals surface area contributed by atoms with Gasteiger partial charge in [0.1, 0.15) is 0 Å². The Morgan fingerprint density at radius 2 is 1.64 bits per heavy atom. The molecule has 0 radical (unpaired) electrons. The molecule has 0 spiro atoms. The smallest absolute Gasteiger partial charge is 0.259 e. The number of hydrogen-bond donors (Lipinski definition) is 1. The normalized spacial score (nSPS) is 19.7. The number of anilines is 3. The number of para-hydroxylation sites is 1. The molecule has 2 heterocycles. The van der Waals surface area contributed by atoms with Crippen molar-refractivity contribution < 1.29 is 14.4 Å². The first-order chi connectivity index (χ1) is 17.6. The van der Waals surface area contributed by atoms with E-state index in [0.29, 0.717) is 12.2 Å². The van der Waals surface area contributed by atoms with Gasteiger partial charge in [0.05, 0.1) is 17.2 Å². The molecule has 2 aliphatic heterocycles. The number of nitrogens with one attached hydrogen (secondary N) is 1. The van der Waals surface area contributed by atoms with Crippen LogP contribution in [0.2, 0.25) is 0 Å². The van der Waals surface area contributed by atoms with Crippen molar-refractivity contribution in [2.45, 2.75) is 47.9 Å². The predicted octanol–water partition coefficient (Wildman–Crippen LogP) is 5.73. The summed E-state index contributed by atoms with van der Waals surface area (Å²) in [6, 6.07) is 23.2. The van der Waals surface area contributed by atoms with Gasteiger partial charge in [-0.3, -0.25) is 14.4 Å². The molecule has 3 aromatic rings. The predicted molar refractivity (Wildman–Crippen MR) is 142 cm³/mol. The lowest BCUT2D eigenvalue weighted by atomic mass is 10.1. The van der Waals surface area contributed by atoms with Crippen molar-refractivity contribution in [3.05, 3.63) is 78.4 Å². The lowest BCUT2D eigenvalue weighted by Gasteiger charge is -2.29. The van der Waals surface area contributed by atoms with Gasteiger partial charge in [0.15, 0.2) is 0 Å². The molecule has 1 saturated heterocycles. The third-order valence-corrected chi connectivity index (χ3v) is 8.42. The van der Waals surface area contributed by atoms with Gasteiger partial charge in [-0.15, -0.1) is 0 Å². The van der Waals surface area contributed by atoms with Crippen LogP contribution in [0.1, 0.15) is 42.5 Å². The zero-order valence-corrected chi connectivity index (χ0v) is 20.7. The molecule has 0 unspecified atom stereocenters. The summed E-state index contributed by atoms with van der Waals surface area (Å²) < 4.78 is 0. The number of carbonyl (C=O) groups is 3. The summed E-state index contributed by atoms with van der Waals surface area (Å²) in [4.78, 5) is 44.9. The second-order valence-electron chi connectivity index (χ2n) is 9.62. The summed E-state index contributed by atoms with van der Waals surface area (Å²) in [5, 5.41) is 3.03. The molecular weight excluding hydrogens is 470 g/mol. The molecule has 2 fully saturated rings. The lowest BCUT2D eigenvalue weighted by Crippen LogP contribution is -2.39. The molecule has 3 amide bonds. The molecule has 36 heavy (non-hydrogen) atoms. The maximum atomic E-state index is 13.6. The highest BCUT2D eigenvalue weighted by Crippen LogP contribution is 2.45. The number of carbonyl (C=O) groups excluding carboxylic acids is 3. The second-order valence-corrected chi connectivity index (χ2v) is 10.7. The molecule has 7 heteroatoms. The fraction of sp³-hybridized carbons (Fsp3) is 0.276. The monoisotopic (exact) mass is 497 g/mol. The van der Waals surface area contributed by atoms with Gasteiger partial charge in [0.25, 0.3) is 5.91 Å². The van der Waals surface area contributed by atoms with Crippen molar-refractivity contribution in [2.75, 3.05) is 21.7 Å². The summed E-state index contributed by atoms with van der Waals surface area (Å²) >= 11 is 1.57. The SMILES string of the molecule is O=C(Nc1ccc2c(c1)Sc1ccccc1C(=O)N2C1CCCC1)[C@H]1CC(=O)N(c2ccccc2)C1. The van der Waals surface area contributed by atoms with Gasteiger partial charge >= 0.3 is 0 Å². The fourth-order valence-electron chi connectivity index (χ4n) is 5.47. The number of nitrogens with zero attached hydrogens (tertiary/aromatic N) is 2. The minimum absolute atomic E-state index is 0.0406. The maximum Gasteiger partial charge on any atom is 0.259 e. The largest absolute Gasteiger partial charge is 0.326 e. The van der Waals surface area contributed by atoms with Crippen LogP contribution in [-0.2, 0) is 9.59 Å². The van der Waals surface area contributed by atoms with Crippen molar-refractivity contribution in [3.8, 4) is 0 Å². The molecule has 1 atom stereocenters. The molecule has 1 saturated carbocycles. The van der Waals surface area contributed by atoms with E-state index in [9.17, 15) is 14.4 Å². The van der Waals surface area contributed by atoms with Crippen LogP contribution in [-0.4, -0.2) is 30.3 Å². The standard InChI is InChI=1S/C29H27N3O3S/c33-27-16-19(18-31(27)21-8-2-1-3-9-21)28(34)30-20-14-15-24-26(17-20)36-25-13-7-6-12-23(25)29(35)32(24)22-10-4-5-11-22/h1-3,6-9,12-15,17,19,22H,4-5,10-11,16,18H2,(H,30,34)/t19-/m0/s1. The van der Waals surface area contributed by atoms with E-state index < -0.39 is 5.92 Å². The van der Waals surface area contributed by atoms with Gasteiger partial charge in [0.2, 0.25) is 11.8 Å². The number of rotatable bonds is 4. The lowest BCUT2D eigenvalue weighted by molar-refractivity contribution is -0.122. The number of amides is 3. The van der Waals surface area contributed by atoms with Gasteiger partial charge in [-0.2, -0.15) is 0 Å². The van der Waals surface area contributed by atoms with E-state index in [0.717, 1.165) is 52.4 Å². The van der Waals surface area contributed by atoms with Crippen LogP contribution in [0.25, 0.3) is 0 Å². The molecule has 3 aliphatic rings. The van der Waals surface area contributed by atoms with Crippen LogP contribution in [0.3, 0.4) is 0 Å². The Balaban J connectivity index is 1.26. The molecule has 0 bridgehead atoms. The van der Waals surface area contributed by atoms with Crippen LogP contribution < -0.4 is 15.1 Å². The van der Waals surface area contributed by atoms with E-state index in [4.69, 9.17) is 0 Å². The minimum atomic E-state index is -0.415. The first-order valence-electron chi connectivity index (χ1n) is 12.5. The third kappa shape index (κ3) is 4.17. The van der Waals surface area contributed by atoms with Gasteiger partial charge in [-0.1, -0.05) is 54.9 Å². The Kier molecular flexibility index (Phi) is 6.01. The summed E-state index contributed by atoms with van der Waals surface area (Å²) in [6.45, 7) is 0.367. The average Bonchev–Trinajstić information content (AvgIpc) is 3.54. The number of benzene rings is 3. The maximum absolute atomic E-state index is 13.6. The molecule has 1 aliphatic carbocycles. The second kappa shape index (κ2) is 9.47. The van der Waals surface area contributed by atoms with Gasteiger partial charge < -0.3 is 15.1 Å². The fourth-order valence-corrected chi connectivity index (χ4v) is 6.58. The van der Waals surface area contributed by atoms with Crippen LogP contribution >= 0.6 is 11.8 Å². The Bertz CT molecular complexity index is 1340. The van der Waals surface area contributed by atoms with Crippen molar-refractivity contribution >= 4 is 46.5 Å². The summed E-state index contributed by atoms with van der Waals surface area (Å²) in [5.41, 5.74) is 3.11. The van der Waals surface area contributed by atoms with Crippen LogP contribution in [0.5, 0.6) is 0 Å². The molecule has 6 rings (SSSR count). The van der Waals surface area contributed by atoms with E-state index in [1.165, 1.54) is 0 Å². The first kappa shape index (κ1) is 22.9. The van der Waals surface area contributed by atoms with E-state index in [-0.39, 0.29) is 30.2 Å². The van der Waals surface area contributed by atoms with E-state index in [1.54, 1.807) is 16.7 Å². The van der Waals surface area contributed by atoms with Gasteiger partial charge in [-0.05, 0) is 55.3 Å². The Labute approximate surface area is 214 Å². The summed E-state index contributed by atoms with van der Waals surface area (Å²) in [6.07, 6.45) is 4.46. The number of hydrogen-bond acceptors (Lipinski definition) is 4. The minimum Gasteiger partial charge on any atom is -0.326 e. The highest BCUT2D eigenvalue weighted by Gasteiger charge is 2.36. The van der Waals surface area contributed by atoms with Gasteiger partial charge in [0, 0.05) is 40.2 Å². The Morgan fingerprint density at radius 3 is 2.44 bits per heavy atom. The van der Waals surface area contributed by atoms with E-state index in [1.807, 2.05) is 77.7 Å². The zero-order valence-electron chi connectivity index (χ0n) is 19.9. The Morgan fingerprint density at radius 1 is 0.889 bits per heavy atom. The van der Waals surface area contributed by atoms with Crippen LogP contribution in [0.15, 0.2) is 82.6 Å². The van der Waals surface area contributed by atoms with Crippen molar-refractivity contribution in [3.63, 3.8) is 0 Å². The third-order valence-electron chi connectivity index (χ3n) is 7.30. The summed E-state index contributed by atoms with van der Waals surface area (Å²) in [7, 11) is 0. The molecular formula is C29H27N3O3S. The topological polar surface area (TPSA) is 69.7 Å². The van der Waals surface area contributed by atoms with Crippen LogP contribution in [0, 0.1) is 5.92 Å². The molecule has 0 aromatic heterocycles. The highest BCUT2D eigenvalue weighted by molar-refractivity contribution is 7.99. The zero-order chi connectivity index (χ0) is 24.6. The Hall–Kier alpha value is -3.58. The molecule has 6 nitrogen and oxygen atoms in total. The van der Waals surface area contributed by atoms with Crippen molar-refractivity contribution in [1.82, 2.24) is 0 Å². The molecule has 182 valence electrons. The van der Waals surface area contributed by atoms with Crippen molar-refractivity contribution in [2.24, 2.45) is 5.92 Å². The molecule has 3 aromatic carbocycles. The summed E-state index contributed by atoms with van der Waals surface area (Å²) in [5.74, 6) is -0.571. The van der Waals surface area contributed by atoms with E-state index >= 15 is 0 Å².